The van der Waals surface area contributed by atoms with Crippen LogP contribution >= 0.6 is 35.0 Å². The second kappa shape index (κ2) is 10.1. The number of nitrogens with zero attached hydrogens (tertiary/aromatic N) is 4. The van der Waals surface area contributed by atoms with Crippen LogP contribution in [0.1, 0.15) is 27.2 Å². The first-order valence-electron chi connectivity index (χ1n) is 11.4. The summed E-state index contributed by atoms with van der Waals surface area (Å²) in [7, 11) is 0. The number of amides is 2. The monoisotopic (exact) mass is 514 g/mol. The molecule has 2 amide bonds. The Balaban J connectivity index is 1.43. The van der Waals surface area contributed by atoms with Crippen molar-refractivity contribution in [3.8, 4) is 0 Å². The molecule has 7 nitrogen and oxygen atoms in total. The highest BCUT2D eigenvalue weighted by molar-refractivity contribution is 7.99. The van der Waals surface area contributed by atoms with E-state index in [-0.39, 0.29) is 11.9 Å². The summed E-state index contributed by atoms with van der Waals surface area (Å²) in [5.74, 6) is 1.69. The van der Waals surface area contributed by atoms with Gasteiger partial charge in [-0.2, -0.15) is 0 Å². The molecule has 3 fully saturated rings. The van der Waals surface area contributed by atoms with Gasteiger partial charge in [0.25, 0.3) is 0 Å². The molecule has 2 atom stereocenters. The van der Waals surface area contributed by atoms with Crippen LogP contribution in [0.3, 0.4) is 0 Å². The number of hydrogen-bond acceptors (Lipinski definition) is 6. The Morgan fingerprint density at radius 3 is 2.27 bits per heavy atom. The molecule has 1 aromatic rings. The van der Waals surface area contributed by atoms with Crippen molar-refractivity contribution in [1.82, 2.24) is 14.7 Å². The predicted molar refractivity (Wildman–Crippen MR) is 134 cm³/mol. The molecule has 0 unspecified atom stereocenters. The van der Waals surface area contributed by atoms with Crippen LogP contribution in [0, 0.1) is 0 Å². The van der Waals surface area contributed by atoms with Crippen LogP contribution in [-0.2, 0) is 9.53 Å². The number of anilines is 1. The zero-order valence-corrected chi connectivity index (χ0v) is 21.8. The molecular formula is C23H32Cl2N4O3S. The van der Waals surface area contributed by atoms with Gasteiger partial charge in [0.05, 0.1) is 5.88 Å². The quantitative estimate of drug-likeness (QED) is 0.606. The number of carbonyl (C=O) groups is 2. The number of ether oxygens (including phenoxy) is 1. The minimum Gasteiger partial charge on any atom is -0.444 e. The SMILES string of the molecule is CC(C)(C)OC(=O)N1C[C@@H](N2CCN(c3cc(Cl)cc(Cl)c3)CC2)C[C@H]1C(=O)N1CCSC1. The Morgan fingerprint density at radius 2 is 1.70 bits per heavy atom. The van der Waals surface area contributed by atoms with Gasteiger partial charge in [-0.15, -0.1) is 11.8 Å². The van der Waals surface area contributed by atoms with Crippen molar-refractivity contribution in [2.24, 2.45) is 0 Å². The normalized spacial score (nSPS) is 24.5. The number of halogens is 2. The Labute approximate surface area is 210 Å². The number of hydrogen-bond donors (Lipinski definition) is 0. The Hall–Kier alpha value is -1.35. The third-order valence-corrected chi connectivity index (χ3v) is 7.70. The van der Waals surface area contributed by atoms with E-state index < -0.39 is 17.7 Å². The van der Waals surface area contributed by atoms with Crippen molar-refractivity contribution in [2.45, 2.75) is 44.9 Å². The standard InChI is InChI=1S/C23H32Cl2N4O3S/c1-23(2,3)32-22(31)29-14-19(13-20(29)21(30)28-8-9-33-15-28)27-6-4-26(5-7-27)18-11-16(24)10-17(25)12-18/h10-12,19-20H,4-9,13-15H2,1-3H3/t19-,20-/m0/s1. The van der Waals surface area contributed by atoms with E-state index in [2.05, 4.69) is 9.80 Å². The van der Waals surface area contributed by atoms with Crippen LogP contribution in [0.2, 0.25) is 10.0 Å². The number of likely N-dealkylation sites (tertiary alicyclic amines) is 1. The summed E-state index contributed by atoms with van der Waals surface area (Å²) < 4.78 is 5.66. The lowest BCUT2D eigenvalue weighted by molar-refractivity contribution is -0.134. The van der Waals surface area contributed by atoms with Gasteiger partial charge >= 0.3 is 6.09 Å². The van der Waals surface area contributed by atoms with Gasteiger partial charge in [-0.05, 0) is 45.4 Å². The minimum atomic E-state index is -0.601. The van der Waals surface area contributed by atoms with Crippen molar-refractivity contribution in [2.75, 3.05) is 55.8 Å². The molecule has 33 heavy (non-hydrogen) atoms. The first-order chi connectivity index (χ1) is 15.6. The van der Waals surface area contributed by atoms with Gasteiger partial charge in [0, 0.05) is 66.8 Å². The lowest BCUT2D eigenvalue weighted by Crippen LogP contribution is -2.51. The second-order valence-electron chi connectivity index (χ2n) is 9.83. The van der Waals surface area contributed by atoms with E-state index in [1.54, 1.807) is 22.7 Å². The number of piperazine rings is 1. The molecule has 3 saturated heterocycles. The largest absolute Gasteiger partial charge is 0.444 e. The van der Waals surface area contributed by atoms with Crippen LogP contribution < -0.4 is 4.90 Å². The van der Waals surface area contributed by atoms with Gasteiger partial charge in [0.1, 0.15) is 11.6 Å². The molecule has 1 aromatic carbocycles. The fourth-order valence-electron chi connectivity index (χ4n) is 4.70. The van der Waals surface area contributed by atoms with Crippen LogP contribution in [-0.4, -0.2) is 95.3 Å². The Bertz CT molecular complexity index is 863. The van der Waals surface area contributed by atoms with Crippen LogP contribution in [0.25, 0.3) is 0 Å². The van der Waals surface area contributed by atoms with Crippen LogP contribution in [0.4, 0.5) is 10.5 Å². The molecule has 0 bridgehead atoms. The summed E-state index contributed by atoms with van der Waals surface area (Å²) in [5, 5.41) is 1.26. The van der Waals surface area contributed by atoms with Gasteiger partial charge in [-0.1, -0.05) is 23.2 Å². The van der Waals surface area contributed by atoms with Crippen molar-refractivity contribution in [3.05, 3.63) is 28.2 Å². The third-order valence-electron chi connectivity index (χ3n) is 6.30. The minimum absolute atomic E-state index is 0.0422. The van der Waals surface area contributed by atoms with E-state index in [1.165, 1.54) is 0 Å². The van der Waals surface area contributed by atoms with Gasteiger partial charge in [0.2, 0.25) is 5.91 Å². The maximum atomic E-state index is 13.3. The van der Waals surface area contributed by atoms with Crippen molar-refractivity contribution >= 4 is 52.7 Å². The highest BCUT2D eigenvalue weighted by Crippen LogP contribution is 2.30. The topological polar surface area (TPSA) is 56.3 Å². The summed E-state index contributed by atoms with van der Waals surface area (Å²) >= 11 is 14.1. The van der Waals surface area contributed by atoms with Crippen molar-refractivity contribution in [1.29, 1.82) is 0 Å². The summed E-state index contributed by atoms with van der Waals surface area (Å²) in [6, 6.07) is 5.28. The highest BCUT2D eigenvalue weighted by Gasteiger charge is 2.45. The first kappa shape index (κ1) is 24.8. The molecule has 3 aliphatic heterocycles. The van der Waals surface area contributed by atoms with E-state index in [0.717, 1.165) is 44.2 Å². The average molecular weight is 516 g/mol. The van der Waals surface area contributed by atoms with Crippen molar-refractivity contribution < 1.29 is 14.3 Å². The molecule has 182 valence electrons. The highest BCUT2D eigenvalue weighted by atomic mass is 35.5. The first-order valence-corrected chi connectivity index (χ1v) is 13.3. The summed E-state index contributed by atoms with van der Waals surface area (Å²) in [5.41, 5.74) is 0.421. The fourth-order valence-corrected chi connectivity index (χ4v) is 6.17. The number of carbonyl (C=O) groups excluding carboxylic acids is 2. The molecule has 0 aromatic heterocycles. The molecule has 4 rings (SSSR count). The lowest BCUT2D eigenvalue weighted by Gasteiger charge is -2.39. The number of thioether (sulfide) groups is 1. The molecular weight excluding hydrogens is 483 g/mol. The van der Waals surface area contributed by atoms with Gasteiger partial charge < -0.3 is 14.5 Å². The predicted octanol–water partition coefficient (Wildman–Crippen LogP) is 4.03. The average Bonchev–Trinajstić information content (AvgIpc) is 3.42. The molecule has 3 aliphatic rings. The van der Waals surface area contributed by atoms with E-state index in [9.17, 15) is 9.59 Å². The van der Waals surface area contributed by atoms with Crippen molar-refractivity contribution in [3.63, 3.8) is 0 Å². The summed E-state index contributed by atoms with van der Waals surface area (Å²) in [6.07, 6.45) is 0.241. The van der Waals surface area contributed by atoms with Gasteiger partial charge in [-0.3, -0.25) is 14.6 Å². The maximum absolute atomic E-state index is 13.3. The maximum Gasteiger partial charge on any atom is 0.411 e. The smallest absolute Gasteiger partial charge is 0.411 e. The lowest BCUT2D eigenvalue weighted by atomic mass is 10.1. The van der Waals surface area contributed by atoms with E-state index in [4.69, 9.17) is 27.9 Å². The van der Waals surface area contributed by atoms with E-state index in [0.29, 0.717) is 28.9 Å². The second-order valence-corrected chi connectivity index (χ2v) is 11.8. The fraction of sp³-hybridized carbons (Fsp3) is 0.652. The van der Waals surface area contributed by atoms with E-state index in [1.807, 2.05) is 37.8 Å². The van der Waals surface area contributed by atoms with Crippen LogP contribution in [0.15, 0.2) is 18.2 Å². The van der Waals surface area contributed by atoms with Gasteiger partial charge in [0.15, 0.2) is 0 Å². The molecule has 10 heteroatoms. The molecule has 3 heterocycles. The number of rotatable bonds is 3. The summed E-state index contributed by atoms with van der Waals surface area (Å²) in [4.78, 5) is 34.5. The number of benzene rings is 1. The molecule has 0 N–H and O–H groups in total. The molecule has 0 spiro atoms. The molecule has 0 radical (unpaired) electrons. The third kappa shape index (κ3) is 6.02. The molecule has 0 aliphatic carbocycles. The Morgan fingerprint density at radius 1 is 1.03 bits per heavy atom. The molecule has 0 saturated carbocycles. The van der Waals surface area contributed by atoms with Crippen LogP contribution in [0.5, 0.6) is 0 Å². The van der Waals surface area contributed by atoms with Gasteiger partial charge in [-0.25, -0.2) is 4.79 Å². The van der Waals surface area contributed by atoms with E-state index >= 15 is 0 Å². The zero-order valence-electron chi connectivity index (χ0n) is 19.4. The Kier molecular flexibility index (Phi) is 7.58. The zero-order chi connectivity index (χ0) is 23.8. The summed E-state index contributed by atoms with van der Waals surface area (Å²) in [6.45, 7) is 10.2.